The maximum absolute atomic E-state index is 13.4. The molecule has 2 aromatic carbocycles. The normalized spacial score (nSPS) is 24.9. The molecule has 5 rings (SSSR count). The van der Waals surface area contributed by atoms with Gasteiger partial charge < -0.3 is 4.74 Å². The Morgan fingerprint density at radius 1 is 1.21 bits per heavy atom. The van der Waals surface area contributed by atoms with Gasteiger partial charge in [0.15, 0.2) is 4.80 Å². The fourth-order valence-electron chi connectivity index (χ4n) is 4.37. The number of rotatable bonds is 2. The monoisotopic (exact) mass is 404 g/mol. The van der Waals surface area contributed by atoms with Gasteiger partial charge in [-0.25, -0.2) is 4.99 Å². The smallest absolute Gasteiger partial charge is 0.270 e. The van der Waals surface area contributed by atoms with E-state index in [2.05, 4.69) is 0 Å². The topological polar surface area (TPSA) is 60.7 Å². The first kappa shape index (κ1) is 18.1. The lowest BCUT2D eigenvalue weighted by molar-refractivity contribution is -0.132. The van der Waals surface area contributed by atoms with Crippen LogP contribution in [0.2, 0.25) is 0 Å². The minimum Gasteiger partial charge on any atom is -0.465 e. The Labute approximate surface area is 171 Å². The lowest BCUT2D eigenvalue weighted by atomic mass is 9.79. The molecule has 29 heavy (non-hydrogen) atoms. The molecule has 0 spiro atoms. The summed E-state index contributed by atoms with van der Waals surface area (Å²) in [4.78, 5) is 31.4. The second kappa shape index (κ2) is 6.26. The summed E-state index contributed by atoms with van der Waals surface area (Å²) in [6.07, 6.45) is 1.88. The van der Waals surface area contributed by atoms with E-state index >= 15 is 0 Å². The van der Waals surface area contributed by atoms with Gasteiger partial charge in [-0.1, -0.05) is 59.4 Å². The van der Waals surface area contributed by atoms with E-state index in [1.54, 1.807) is 11.5 Å². The molecule has 2 aliphatic rings. The van der Waals surface area contributed by atoms with Crippen LogP contribution in [0.1, 0.15) is 36.6 Å². The van der Waals surface area contributed by atoms with Crippen LogP contribution in [0.5, 0.6) is 5.75 Å². The third-order valence-electron chi connectivity index (χ3n) is 5.69. The van der Waals surface area contributed by atoms with Crippen LogP contribution in [-0.4, -0.2) is 16.1 Å². The van der Waals surface area contributed by atoms with Crippen molar-refractivity contribution in [2.45, 2.75) is 32.5 Å². The van der Waals surface area contributed by atoms with Gasteiger partial charge in [0.2, 0.25) is 5.72 Å². The van der Waals surface area contributed by atoms with Gasteiger partial charge in [-0.2, -0.15) is 0 Å². The average molecular weight is 404 g/mol. The molecule has 5 nitrogen and oxygen atoms in total. The van der Waals surface area contributed by atoms with E-state index in [1.807, 2.05) is 68.5 Å². The molecule has 2 aliphatic heterocycles. The number of carbonyl (C=O) groups excluding carboxylic acids is 1. The van der Waals surface area contributed by atoms with Gasteiger partial charge in [-0.15, -0.1) is 0 Å². The number of hydrogen-bond donors (Lipinski definition) is 0. The van der Waals surface area contributed by atoms with Gasteiger partial charge in [0, 0.05) is 5.56 Å². The number of ketones is 1. The van der Waals surface area contributed by atoms with Crippen molar-refractivity contribution in [2.24, 2.45) is 10.9 Å². The molecule has 3 atom stereocenters. The number of thiazole rings is 1. The molecule has 0 saturated heterocycles. The SMILES string of the molecule is CC(=O)[C@H]1[C@@H]2c3ccccc3O[C@]1(C)N=c1s/c(=C/c3ccc(C)cc3)c(=O)n12. The van der Waals surface area contributed by atoms with E-state index in [-0.39, 0.29) is 11.3 Å². The third-order valence-corrected chi connectivity index (χ3v) is 6.68. The number of Topliss-reactive ketones (excluding diaryl/α,β-unsaturated/α-hetero) is 1. The highest BCUT2D eigenvalue weighted by Crippen LogP contribution is 2.47. The Morgan fingerprint density at radius 3 is 2.66 bits per heavy atom. The van der Waals surface area contributed by atoms with Crippen molar-refractivity contribution in [3.05, 3.63) is 84.9 Å². The second-order valence-corrected chi connectivity index (χ2v) is 8.83. The van der Waals surface area contributed by atoms with E-state index in [0.717, 1.165) is 11.1 Å². The van der Waals surface area contributed by atoms with Crippen LogP contribution in [0.3, 0.4) is 0 Å². The van der Waals surface area contributed by atoms with Gasteiger partial charge >= 0.3 is 0 Å². The number of carbonyl (C=O) groups is 1. The molecular formula is C23H20N2O3S. The standard InChI is InChI=1S/C23H20N2O3S/c1-13-8-10-15(11-9-13)12-18-21(27)25-20-16-6-4-5-7-17(16)28-23(3,19(20)14(2)26)24-22(25)29-18/h4-12,19-20H,1-3H3/b18-12+/t19-,20-,23-/m0/s1. The van der Waals surface area contributed by atoms with Crippen molar-refractivity contribution >= 4 is 23.2 Å². The summed E-state index contributed by atoms with van der Waals surface area (Å²) in [7, 11) is 0. The Kier molecular flexibility index (Phi) is 3.90. The molecule has 0 fully saturated rings. The highest BCUT2D eigenvalue weighted by Gasteiger charge is 2.53. The Hall–Kier alpha value is -2.99. The summed E-state index contributed by atoms with van der Waals surface area (Å²) in [6.45, 7) is 5.41. The molecule has 3 aromatic rings. The Bertz CT molecular complexity index is 1320. The van der Waals surface area contributed by atoms with Gasteiger partial charge in [0.05, 0.1) is 10.6 Å². The predicted octanol–water partition coefficient (Wildman–Crippen LogP) is 2.58. The Balaban J connectivity index is 1.80. The number of fused-ring (bicyclic) bond motifs is 6. The number of nitrogens with zero attached hydrogens (tertiary/aromatic N) is 2. The molecule has 0 saturated carbocycles. The highest BCUT2D eigenvalue weighted by molar-refractivity contribution is 7.07. The van der Waals surface area contributed by atoms with Crippen LogP contribution in [-0.2, 0) is 4.79 Å². The van der Waals surface area contributed by atoms with Gasteiger partial charge in [-0.05, 0) is 38.5 Å². The fourth-order valence-corrected chi connectivity index (χ4v) is 5.47. The van der Waals surface area contributed by atoms with Crippen LogP contribution < -0.4 is 19.6 Å². The number of benzene rings is 2. The van der Waals surface area contributed by atoms with Crippen LogP contribution in [0.4, 0.5) is 0 Å². The lowest BCUT2D eigenvalue weighted by Gasteiger charge is -2.45. The number of aromatic nitrogens is 1. The van der Waals surface area contributed by atoms with E-state index < -0.39 is 17.7 Å². The lowest BCUT2D eigenvalue weighted by Crippen LogP contribution is -2.58. The Morgan fingerprint density at radius 2 is 1.93 bits per heavy atom. The van der Waals surface area contributed by atoms with E-state index in [9.17, 15) is 9.59 Å². The van der Waals surface area contributed by atoms with Crippen molar-refractivity contribution in [3.63, 3.8) is 0 Å². The zero-order valence-electron chi connectivity index (χ0n) is 16.4. The number of ether oxygens (including phenoxy) is 1. The first-order valence-electron chi connectivity index (χ1n) is 9.55. The molecular weight excluding hydrogens is 384 g/mol. The predicted molar refractivity (Wildman–Crippen MR) is 112 cm³/mol. The van der Waals surface area contributed by atoms with Crippen LogP contribution in [0, 0.1) is 12.8 Å². The number of aryl methyl sites for hydroxylation is 1. The number of para-hydroxylation sites is 1. The summed E-state index contributed by atoms with van der Waals surface area (Å²) < 4.78 is 8.48. The molecule has 0 N–H and O–H groups in total. The van der Waals surface area contributed by atoms with E-state index in [4.69, 9.17) is 9.73 Å². The van der Waals surface area contributed by atoms with Crippen molar-refractivity contribution in [1.82, 2.24) is 4.57 Å². The molecule has 6 heteroatoms. The van der Waals surface area contributed by atoms with Crippen LogP contribution in [0.15, 0.2) is 58.3 Å². The molecule has 0 aliphatic carbocycles. The summed E-state index contributed by atoms with van der Waals surface area (Å²) >= 11 is 1.34. The van der Waals surface area contributed by atoms with Gasteiger partial charge in [0.1, 0.15) is 17.5 Å². The average Bonchev–Trinajstić information content (AvgIpc) is 2.96. The third kappa shape index (κ3) is 2.70. The minimum absolute atomic E-state index is 0.0384. The van der Waals surface area contributed by atoms with Crippen molar-refractivity contribution in [1.29, 1.82) is 0 Å². The fraction of sp³-hybridized carbons (Fsp3) is 0.261. The van der Waals surface area contributed by atoms with Crippen molar-refractivity contribution < 1.29 is 9.53 Å². The first-order chi connectivity index (χ1) is 13.9. The van der Waals surface area contributed by atoms with Crippen LogP contribution >= 0.6 is 11.3 Å². The van der Waals surface area contributed by atoms with Crippen molar-refractivity contribution in [2.75, 3.05) is 0 Å². The van der Waals surface area contributed by atoms with Crippen LogP contribution in [0.25, 0.3) is 6.08 Å². The summed E-state index contributed by atoms with van der Waals surface area (Å²) in [6, 6.07) is 15.2. The summed E-state index contributed by atoms with van der Waals surface area (Å²) in [5.41, 5.74) is 1.83. The molecule has 3 heterocycles. The zero-order valence-corrected chi connectivity index (χ0v) is 17.2. The first-order valence-corrected chi connectivity index (χ1v) is 10.4. The zero-order chi connectivity index (χ0) is 20.3. The molecule has 0 unspecified atom stereocenters. The molecule has 1 aromatic heterocycles. The summed E-state index contributed by atoms with van der Waals surface area (Å²) in [5, 5.41) is 0. The molecule has 2 bridgehead atoms. The largest absolute Gasteiger partial charge is 0.465 e. The molecule has 0 radical (unpaired) electrons. The van der Waals surface area contributed by atoms with Crippen molar-refractivity contribution in [3.8, 4) is 5.75 Å². The maximum Gasteiger partial charge on any atom is 0.270 e. The number of hydrogen-bond acceptors (Lipinski definition) is 5. The highest BCUT2D eigenvalue weighted by atomic mass is 32.1. The second-order valence-electron chi connectivity index (χ2n) is 7.82. The van der Waals surface area contributed by atoms with E-state index in [0.29, 0.717) is 15.1 Å². The van der Waals surface area contributed by atoms with E-state index in [1.165, 1.54) is 16.9 Å². The van der Waals surface area contributed by atoms with Gasteiger partial charge in [0.25, 0.3) is 5.56 Å². The maximum atomic E-state index is 13.4. The minimum atomic E-state index is -1.02. The molecule has 146 valence electrons. The molecule has 0 amide bonds. The quantitative estimate of drug-likeness (QED) is 0.660. The summed E-state index contributed by atoms with van der Waals surface area (Å²) in [5.74, 6) is 0.0852. The van der Waals surface area contributed by atoms with Gasteiger partial charge in [-0.3, -0.25) is 14.2 Å².